The van der Waals surface area contributed by atoms with E-state index in [1.807, 2.05) is 11.3 Å². The predicted octanol–water partition coefficient (Wildman–Crippen LogP) is 1.65. The maximum absolute atomic E-state index is 5.92. The Hall–Kier alpha value is -0.420. The van der Waals surface area contributed by atoms with Crippen LogP contribution in [0.5, 0.6) is 0 Å². The predicted molar refractivity (Wildman–Crippen MR) is 79.2 cm³/mol. The molecule has 0 aromatic carbocycles. The third kappa shape index (κ3) is 4.69. The van der Waals surface area contributed by atoms with Crippen LogP contribution in [0.2, 0.25) is 0 Å². The van der Waals surface area contributed by atoms with Crippen LogP contribution in [0.15, 0.2) is 17.5 Å². The average molecular weight is 267 g/mol. The molecule has 18 heavy (non-hydrogen) atoms. The number of hydrogen-bond acceptors (Lipinski definition) is 4. The Kier molecular flexibility index (Phi) is 5.63. The zero-order valence-electron chi connectivity index (χ0n) is 11.3. The first-order valence-corrected chi connectivity index (χ1v) is 7.81. The van der Waals surface area contributed by atoms with Crippen molar-refractivity contribution in [2.45, 2.75) is 25.3 Å². The Bertz CT molecular complexity index is 318. The molecule has 1 aromatic heterocycles. The molecule has 102 valence electrons. The van der Waals surface area contributed by atoms with E-state index in [2.05, 4.69) is 34.4 Å². The van der Waals surface area contributed by atoms with Gasteiger partial charge in [-0.2, -0.15) is 0 Å². The van der Waals surface area contributed by atoms with Crippen molar-refractivity contribution in [2.24, 2.45) is 5.73 Å². The number of thiophene rings is 1. The van der Waals surface area contributed by atoms with E-state index in [0.29, 0.717) is 6.04 Å². The average Bonchev–Trinajstić information content (AvgIpc) is 2.89. The van der Waals surface area contributed by atoms with Gasteiger partial charge >= 0.3 is 0 Å². The summed E-state index contributed by atoms with van der Waals surface area (Å²) in [4.78, 5) is 6.48. The minimum absolute atomic E-state index is 0.442. The molecule has 0 unspecified atom stereocenters. The van der Waals surface area contributed by atoms with Crippen molar-refractivity contribution in [2.75, 3.05) is 39.8 Å². The smallest absolute Gasteiger partial charge is 0.0109 e. The van der Waals surface area contributed by atoms with Gasteiger partial charge in [0.25, 0.3) is 0 Å². The molecule has 2 N–H and O–H groups in total. The van der Waals surface area contributed by atoms with Gasteiger partial charge in [-0.1, -0.05) is 6.07 Å². The van der Waals surface area contributed by atoms with Gasteiger partial charge in [0.15, 0.2) is 0 Å². The second kappa shape index (κ2) is 7.24. The number of nitrogens with two attached hydrogens (primary N) is 1. The van der Waals surface area contributed by atoms with Gasteiger partial charge in [0, 0.05) is 30.6 Å². The van der Waals surface area contributed by atoms with Gasteiger partial charge in [0.2, 0.25) is 0 Å². The lowest BCUT2D eigenvalue weighted by molar-refractivity contribution is 0.186. The summed E-state index contributed by atoms with van der Waals surface area (Å²) >= 11 is 1.86. The van der Waals surface area contributed by atoms with Gasteiger partial charge in [0.1, 0.15) is 0 Å². The van der Waals surface area contributed by atoms with Crippen LogP contribution in [-0.4, -0.2) is 55.6 Å². The lowest BCUT2D eigenvalue weighted by atomic mass is 10.1. The van der Waals surface area contributed by atoms with Crippen molar-refractivity contribution in [1.29, 1.82) is 0 Å². The van der Waals surface area contributed by atoms with E-state index >= 15 is 0 Å². The Morgan fingerprint density at radius 1 is 1.39 bits per heavy atom. The molecule has 1 aromatic rings. The molecule has 4 heteroatoms. The van der Waals surface area contributed by atoms with E-state index in [4.69, 9.17) is 5.73 Å². The molecule has 3 nitrogen and oxygen atoms in total. The molecule has 0 spiro atoms. The van der Waals surface area contributed by atoms with Crippen LogP contribution >= 0.6 is 11.3 Å². The Morgan fingerprint density at radius 3 is 2.83 bits per heavy atom. The molecular formula is C14H25N3S. The standard InChI is InChI=1S/C14H25N3S/c1-16(7-6-14-3-2-12-18-14)10-11-17-8-4-13(15)5-9-17/h2-3,12-13H,4-11,15H2,1H3. The van der Waals surface area contributed by atoms with Gasteiger partial charge < -0.3 is 15.5 Å². The van der Waals surface area contributed by atoms with Crippen molar-refractivity contribution in [3.8, 4) is 0 Å². The van der Waals surface area contributed by atoms with Gasteiger partial charge in [-0.05, 0) is 50.8 Å². The minimum Gasteiger partial charge on any atom is -0.328 e. The summed E-state index contributed by atoms with van der Waals surface area (Å²) < 4.78 is 0. The molecular weight excluding hydrogens is 242 g/mol. The SMILES string of the molecule is CN(CCc1cccs1)CCN1CCC(N)CC1. The zero-order valence-corrected chi connectivity index (χ0v) is 12.2. The second-order valence-electron chi connectivity index (χ2n) is 5.31. The summed E-state index contributed by atoms with van der Waals surface area (Å²) in [6.45, 7) is 5.88. The maximum Gasteiger partial charge on any atom is 0.0109 e. The molecule has 2 rings (SSSR count). The molecule has 0 saturated carbocycles. The molecule has 1 aliphatic heterocycles. The first kappa shape index (κ1) is 14.0. The number of piperidine rings is 1. The Labute approximate surface area is 115 Å². The van der Waals surface area contributed by atoms with Gasteiger partial charge in [-0.3, -0.25) is 0 Å². The number of rotatable bonds is 6. The van der Waals surface area contributed by atoms with Crippen molar-refractivity contribution < 1.29 is 0 Å². The van der Waals surface area contributed by atoms with Gasteiger partial charge in [-0.25, -0.2) is 0 Å². The number of hydrogen-bond donors (Lipinski definition) is 1. The second-order valence-corrected chi connectivity index (χ2v) is 6.34. The molecule has 1 fully saturated rings. The van der Waals surface area contributed by atoms with Gasteiger partial charge in [0.05, 0.1) is 0 Å². The Morgan fingerprint density at radius 2 is 2.17 bits per heavy atom. The quantitative estimate of drug-likeness (QED) is 0.850. The van der Waals surface area contributed by atoms with E-state index in [1.165, 1.54) is 50.3 Å². The summed E-state index contributed by atoms with van der Waals surface area (Å²) in [5, 5.41) is 2.16. The third-order valence-electron chi connectivity index (χ3n) is 3.75. The van der Waals surface area contributed by atoms with Crippen molar-refractivity contribution in [3.63, 3.8) is 0 Å². The molecule has 0 aliphatic carbocycles. The van der Waals surface area contributed by atoms with Gasteiger partial charge in [-0.15, -0.1) is 11.3 Å². The zero-order chi connectivity index (χ0) is 12.8. The van der Waals surface area contributed by atoms with Crippen molar-refractivity contribution >= 4 is 11.3 Å². The lowest BCUT2D eigenvalue weighted by Gasteiger charge is -2.31. The highest BCUT2D eigenvalue weighted by atomic mass is 32.1. The normalized spacial score (nSPS) is 18.6. The summed E-state index contributed by atoms with van der Waals surface area (Å²) in [6.07, 6.45) is 3.51. The monoisotopic (exact) mass is 267 g/mol. The van der Waals surface area contributed by atoms with E-state index in [1.54, 1.807) is 0 Å². The Balaban J connectivity index is 1.58. The topological polar surface area (TPSA) is 32.5 Å². The van der Waals surface area contributed by atoms with Crippen LogP contribution in [0.3, 0.4) is 0 Å². The molecule has 0 amide bonds. The van der Waals surface area contributed by atoms with E-state index in [-0.39, 0.29) is 0 Å². The van der Waals surface area contributed by atoms with Crippen LogP contribution in [0.25, 0.3) is 0 Å². The summed E-state index contributed by atoms with van der Waals surface area (Å²) in [5.41, 5.74) is 5.92. The highest BCUT2D eigenvalue weighted by molar-refractivity contribution is 7.09. The van der Waals surface area contributed by atoms with Crippen LogP contribution in [0.1, 0.15) is 17.7 Å². The van der Waals surface area contributed by atoms with Crippen molar-refractivity contribution in [1.82, 2.24) is 9.80 Å². The molecule has 0 radical (unpaired) electrons. The number of nitrogens with zero attached hydrogens (tertiary/aromatic N) is 2. The van der Waals surface area contributed by atoms with E-state index in [9.17, 15) is 0 Å². The van der Waals surface area contributed by atoms with Crippen LogP contribution in [0.4, 0.5) is 0 Å². The number of likely N-dealkylation sites (tertiary alicyclic amines) is 1. The van der Waals surface area contributed by atoms with Crippen LogP contribution in [0, 0.1) is 0 Å². The molecule has 0 bridgehead atoms. The molecule has 2 heterocycles. The fourth-order valence-corrected chi connectivity index (χ4v) is 3.05. The fraction of sp³-hybridized carbons (Fsp3) is 0.714. The van der Waals surface area contributed by atoms with E-state index < -0.39 is 0 Å². The summed E-state index contributed by atoms with van der Waals surface area (Å²) in [5.74, 6) is 0. The molecule has 1 aliphatic rings. The van der Waals surface area contributed by atoms with Crippen molar-refractivity contribution in [3.05, 3.63) is 22.4 Å². The summed E-state index contributed by atoms with van der Waals surface area (Å²) in [7, 11) is 2.23. The summed E-state index contributed by atoms with van der Waals surface area (Å²) in [6, 6.07) is 4.81. The first-order valence-electron chi connectivity index (χ1n) is 6.93. The lowest BCUT2D eigenvalue weighted by Crippen LogP contribution is -2.42. The highest BCUT2D eigenvalue weighted by Crippen LogP contribution is 2.10. The fourth-order valence-electron chi connectivity index (χ4n) is 2.36. The highest BCUT2D eigenvalue weighted by Gasteiger charge is 2.15. The molecule has 1 saturated heterocycles. The molecule has 0 atom stereocenters. The maximum atomic E-state index is 5.92. The van der Waals surface area contributed by atoms with E-state index in [0.717, 1.165) is 6.54 Å². The largest absolute Gasteiger partial charge is 0.328 e. The first-order chi connectivity index (χ1) is 8.74. The van der Waals surface area contributed by atoms with Crippen LogP contribution < -0.4 is 5.73 Å². The van der Waals surface area contributed by atoms with Crippen LogP contribution in [-0.2, 0) is 6.42 Å². The minimum atomic E-state index is 0.442. The number of likely N-dealkylation sites (N-methyl/N-ethyl adjacent to an activating group) is 1. The third-order valence-corrected chi connectivity index (χ3v) is 4.69.